The Morgan fingerprint density at radius 3 is 1.19 bits per heavy atom. The predicted octanol–water partition coefficient (Wildman–Crippen LogP) is 6.07. The largest absolute Gasteiger partial charge is 0.390 e. The molecular formula is C67H122N10O12. The highest BCUT2D eigenvalue weighted by Gasteiger charge is 2.45. The van der Waals surface area contributed by atoms with Crippen molar-refractivity contribution in [1.29, 1.82) is 0 Å². The summed E-state index contributed by atoms with van der Waals surface area (Å²) in [6, 6.07) is -11.3. The van der Waals surface area contributed by atoms with Gasteiger partial charge in [0.2, 0.25) is 59.1 Å². The third-order valence-electron chi connectivity index (χ3n) is 16.8. The van der Waals surface area contributed by atoms with Crippen LogP contribution in [0.1, 0.15) is 190 Å². The van der Waals surface area contributed by atoms with E-state index in [1.807, 2.05) is 89.2 Å². The zero-order valence-corrected chi connectivity index (χ0v) is 59.8. The second-order valence-electron chi connectivity index (χ2n) is 28.0. The van der Waals surface area contributed by atoms with E-state index in [0.29, 0.717) is 19.3 Å². The lowest BCUT2D eigenvalue weighted by Gasteiger charge is -2.41. The maximum absolute atomic E-state index is 15.1. The van der Waals surface area contributed by atoms with Gasteiger partial charge in [-0.1, -0.05) is 130 Å². The molecule has 1 unspecified atom stereocenters. The summed E-state index contributed by atoms with van der Waals surface area (Å²) in [7, 11) is 8.89. The van der Waals surface area contributed by atoms with E-state index in [1.165, 1.54) is 80.5 Å². The van der Waals surface area contributed by atoms with Crippen LogP contribution in [0, 0.1) is 53.3 Å². The SMILES string of the molecule is C/C=C/C[C@@H](C)[C@@H](O)[C@@H](C(=O)N[C@@H](CC)C(=O)N(C)C(CC(C)C)C(=O)N(C)[C@@H](CC(C)C)C(=O)N[C@H](C(=O)N(C)[C@@H](CC(C)C)C(=O)N[C@@H](C)C(=O)N[C@H](C)C(C)=O)C(C)C)N(C)C(=O)[C@H](C(C)C)N(C)C(=O)[C@H](CC(C)C)N(C)C(=O)[C@H](C)CC(C)C. The number of aliphatic hydroxyl groups is 1. The number of nitrogens with one attached hydrogen (secondary N) is 4. The van der Waals surface area contributed by atoms with Crippen LogP contribution in [0.25, 0.3) is 0 Å². The molecule has 0 aliphatic rings. The van der Waals surface area contributed by atoms with Crippen molar-refractivity contribution in [2.45, 2.75) is 257 Å². The topological polar surface area (TPSA) is 276 Å². The first-order chi connectivity index (χ1) is 40.9. The maximum Gasteiger partial charge on any atom is 0.246 e. The summed E-state index contributed by atoms with van der Waals surface area (Å²) in [5, 5.41) is 23.1. The number of hydrogen-bond acceptors (Lipinski definition) is 12. The van der Waals surface area contributed by atoms with E-state index in [2.05, 4.69) is 21.3 Å². The van der Waals surface area contributed by atoms with Gasteiger partial charge in [-0.05, 0) is 120 Å². The molecule has 0 aliphatic carbocycles. The fraction of sp³-hybridized carbons (Fsp3) is 0.806. The minimum atomic E-state index is -1.58. The van der Waals surface area contributed by atoms with Crippen LogP contribution in [-0.2, 0) is 52.7 Å². The van der Waals surface area contributed by atoms with Gasteiger partial charge in [-0.25, -0.2) is 0 Å². The van der Waals surface area contributed by atoms with Crippen molar-refractivity contribution in [1.82, 2.24) is 50.7 Å². The molecule has 0 saturated heterocycles. The molecule has 0 spiro atoms. The first kappa shape index (κ1) is 83.1. The summed E-state index contributed by atoms with van der Waals surface area (Å²) in [5.74, 6) is -8.15. The lowest BCUT2D eigenvalue weighted by atomic mass is 9.91. The summed E-state index contributed by atoms with van der Waals surface area (Å²) in [6.07, 6.45) is 3.97. The van der Waals surface area contributed by atoms with Gasteiger partial charge in [0.1, 0.15) is 54.4 Å². The van der Waals surface area contributed by atoms with Crippen molar-refractivity contribution >= 4 is 64.9 Å². The quantitative estimate of drug-likeness (QED) is 0.0441. The molecule has 0 aromatic carbocycles. The third-order valence-corrected chi connectivity index (χ3v) is 16.8. The molecule has 0 aromatic rings. The van der Waals surface area contributed by atoms with Gasteiger partial charge in [-0.15, -0.1) is 0 Å². The van der Waals surface area contributed by atoms with Crippen molar-refractivity contribution in [2.24, 2.45) is 53.3 Å². The minimum absolute atomic E-state index is 0.00494. The van der Waals surface area contributed by atoms with E-state index in [0.717, 1.165) is 4.90 Å². The first-order valence-corrected chi connectivity index (χ1v) is 32.6. The van der Waals surface area contributed by atoms with E-state index in [-0.39, 0.29) is 72.9 Å². The van der Waals surface area contributed by atoms with Crippen LogP contribution in [0.5, 0.6) is 0 Å². The number of hydrogen-bond donors (Lipinski definition) is 5. The van der Waals surface area contributed by atoms with Crippen molar-refractivity contribution < 1.29 is 57.8 Å². The Balaban J connectivity index is 7.37. The number of allylic oxidation sites excluding steroid dienone is 2. The fourth-order valence-electron chi connectivity index (χ4n) is 11.1. The van der Waals surface area contributed by atoms with E-state index in [1.54, 1.807) is 54.7 Å². The summed E-state index contributed by atoms with van der Waals surface area (Å²) in [6.45, 7) is 37.7. The third kappa shape index (κ3) is 25.3. The second-order valence-corrected chi connectivity index (χ2v) is 28.0. The van der Waals surface area contributed by atoms with Crippen molar-refractivity contribution in [2.75, 3.05) is 42.3 Å². The number of nitrogens with zero attached hydrogens (tertiary/aromatic N) is 6. The number of likely N-dealkylation sites (N-methyl/N-ethyl adjacent to an activating group) is 6. The van der Waals surface area contributed by atoms with Gasteiger partial charge >= 0.3 is 0 Å². The molecule has 5 N–H and O–H groups in total. The summed E-state index contributed by atoms with van der Waals surface area (Å²) in [5.41, 5.74) is 0. The van der Waals surface area contributed by atoms with Crippen LogP contribution in [0.4, 0.5) is 0 Å². The van der Waals surface area contributed by atoms with E-state index >= 15 is 9.59 Å². The van der Waals surface area contributed by atoms with E-state index in [4.69, 9.17) is 0 Å². The Morgan fingerprint density at radius 1 is 0.404 bits per heavy atom. The summed E-state index contributed by atoms with van der Waals surface area (Å²) >= 11 is 0. The molecule has 0 aromatic heterocycles. The number of aliphatic hydroxyl groups excluding tert-OH is 1. The molecule has 0 saturated carbocycles. The highest BCUT2D eigenvalue weighted by Crippen LogP contribution is 2.26. The van der Waals surface area contributed by atoms with Crippen LogP contribution in [0.15, 0.2) is 12.2 Å². The van der Waals surface area contributed by atoms with Crippen molar-refractivity contribution in [3.63, 3.8) is 0 Å². The minimum Gasteiger partial charge on any atom is -0.390 e. The van der Waals surface area contributed by atoms with Gasteiger partial charge in [0.15, 0.2) is 5.78 Å². The average molecular weight is 1260 g/mol. The lowest BCUT2D eigenvalue weighted by Crippen LogP contribution is -2.63. The van der Waals surface area contributed by atoms with Crippen LogP contribution < -0.4 is 21.3 Å². The van der Waals surface area contributed by atoms with Crippen LogP contribution in [0.2, 0.25) is 0 Å². The van der Waals surface area contributed by atoms with Crippen molar-refractivity contribution in [3.05, 3.63) is 12.2 Å². The van der Waals surface area contributed by atoms with Crippen LogP contribution in [0.3, 0.4) is 0 Å². The van der Waals surface area contributed by atoms with Gasteiger partial charge < -0.3 is 55.8 Å². The molecule has 0 fully saturated rings. The van der Waals surface area contributed by atoms with Crippen molar-refractivity contribution in [3.8, 4) is 0 Å². The number of ketones is 1. The predicted molar refractivity (Wildman–Crippen MR) is 350 cm³/mol. The molecule has 512 valence electrons. The fourth-order valence-corrected chi connectivity index (χ4v) is 11.1. The molecule has 0 bridgehead atoms. The number of carbonyl (C=O) groups excluding carboxylic acids is 11. The second kappa shape index (κ2) is 38.7. The highest BCUT2D eigenvalue weighted by atomic mass is 16.3. The molecule has 22 heteroatoms. The maximum atomic E-state index is 15.1. The summed E-state index contributed by atoms with van der Waals surface area (Å²) < 4.78 is 0. The number of carbonyl (C=O) groups is 11. The molecule has 22 nitrogen and oxygen atoms in total. The summed E-state index contributed by atoms with van der Waals surface area (Å²) in [4.78, 5) is 164. The zero-order chi connectivity index (χ0) is 69.6. The van der Waals surface area contributed by atoms with Crippen LogP contribution >= 0.6 is 0 Å². The molecule has 10 amide bonds. The smallest absolute Gasteiger partial charge is 0.246 e. The lowest BCUT2D eigenvalue weighted by molar-refractivity contribution is -0.156. The molecule has 0 radical (unpaired) electrons. The van der Waals surface area contributed by atoms with Gasteiger partial charge in [0, 0.05) is 48.2 Å². The molecule has 0 rings (SSSR count). The highest BCUT2D eigenvalue weighted by molar-refractivity contribution is 5.99. The molecule has 89 heavy (non-hydrogen) atoms. The molecule has 13 atom stereocenters. The molecule has 0 heterocycles. The molecule has 0 aliphatic heterocycles. The van der Waals surface area contributed by atoms with E-state index in [9.17, 15) is 48.3 Å². The van der Waals surface area contributed by atoms with Gasteiger partial charge in [0.25, 0.3) is 0 Å². The van der Waals surface area contributed by atoms with Gasteiger partial charge in [-0.3, -0.25) is 52.7 Å². The number of Topliss-reactive ketones (excluding diaryl/α,β-unsaturated/α-hetero) is 1. The number of rotatable bonds is 38. The Labute approximate surface area is 535 Å². The Kier molecular flexibility index (Phi) is 36.1. The monoisotopic (exact) mass is 1260 g/mol. The standard InChI is InChI=1S/C67H122N10O12/c1-28-30-31-44(17)57(79)56(77(27)67(89)55(43(15)16)76(26)65(87)53(36-41(11)12)74(24)62(84)45(18)32-37(3)4)61(83)70-49(29-2)63(85)75(25)52(35-40(9)10)64(86)72(22)51(34-39(7)8)60(82)71-54(42(13)14)66(88)73(23)50(33-38(5)6)59(81)69-47(20)58(80)68-46(19)48(21)78/h28,30,37-47,49-57,79H,29,31-36H2,1-27H3,(H,68,80)(H,69,81)(H,70,83)(H,71,82)/b30-28+/t44-,45-,46-,47+,49+,50+,51+,52?,53+,54+,55+,56+,57-/m1/s1. The Hall–Kier alpha value is -5.93. The zero-order valence-electron chi connectivity index (χ0n) is 59.8. The van der Waals surface area contributed by atoms with E-state index < -0.39 is 137 Å². The Bertz CT molecular complexity index is 2370. The normalized spacial score (nSPS) is 16.3. The average Bonchev–Trinajstić information content (AvgIpc) is 1.12. The van der Waals surface area contributed by atoms with Gasteiger partial charge in [0.05, 0.1) is 12.1 Å². The number of amides is 10. The first-order valence-electron chi connectivity index (χ1n) is 32.6. The van der Waals surface area contributed by atoms with Gasteiger partial charge in [-0.2, -0.15) is 0 Å². The molecular weight excluding hydrogens is 1140 g/mol. The Morgan fingerprint density at radius 2 is 0.787 bits per heavy atom. The van der Waals surface area contributed by atoms with Crippen LogP contribution in [-0.4, -0.2) is 208 Å².